The highest BCUT2D eigenvalue weighted by Gasteiger charge is 2.79. The van der Waals surface area contributed by atoms with E-state index >= 15 is 0 Å². The van der Waals surface area contributed by atoms with E-state index in [1.54, 1.807) is 35.8 Å². The largest absolute Gasteiger partial charge is 0.392 e. The number of fused-ring (bicyclic) bond motifs is 8. The summed E-state index contributed by atoms with van der Waals surface area (Å²) in [6.07, 6.45) is 5.54. The maximum atomic E-state index is 14.9. The quantitative estimate of drug-likeness (QED) is 0.398. The second-order valence-corrected chi connectivity index (χ2v) is 18.6. The fourth-order valence-corrected chi connectivity index (χ4v) is 14.8. The molecule has 6 atom stereocenters. The lowest BCUT2D eigenvalue weighted by molar-refractivity contribution is -0.168. The second-order valence-electron chi connectivity index (χ2n) is 13.8. The standard InChI is InChI=1S/C34H36N6O6S4/c1-35-28(44)34(48-5)18-46-19-38-24-13-9-7-11-22(24)30(16-32-27(43)36(2)33(17-41,50-49-32)29(45)40(32)25(30)38)39-15-20(21-10-6-8-12-23(21)39)14-31(35,47-4)26(42)37(34)3/h6-13,15,25,41H,14,16-19H2,1-5H3/t25-,30+,31+,32+,33+,34+/m1/s1. The molecule has 1 spiro atoms. The van der Waals surface area contributed by atoms with Gasteiger partial charge in [-0.1, -0.05) is 47.2 Å². The average molecular weight is 753 g/mol. The van der Waals surface area contributed by atoms with Crippen LogP contribution < -0.4 is 4.90 Å². The van der Waals surface area contributed by atoms with Gasteiger partial charge in [0.25, 0.3) is 23.6 Å². The number of aliphatic hydroxyl groups excluding tert-OH is 1. The summed E-state index contributed by atoms with van der Waals surface area (Å²) < 4.78 is 8.78. The van der Waals surface area contributed by atoms with Crippen molar-refractivity contribution >= 4 is 85.3 Å². The summed E-state index contributed by atoms with van der Waals surface area (Å²) in [7, 11) is 7.61. The summed E-state index contributed by atoms with van der Waals surface area (Å²) in [5, 5.41) is 11.7. The van der Waals surface area contributed by atoms with Crippen molar-refractivity contribution in [1.29, 1.82) is 0 Å². The van der Waals surface area contributed by atoms with Gasteiger partial charge in [0.2, 0.25) is 4.87 Å². The Morgan fingerprint density at radius 1 is 0.860 bits per heavy atom. The predicted molar refractivity (Wildman–Crippen MR) is 196 cm³/mol. The first kappa shape index (κ1) is 32.9. The molecule has 16 heteroatoms. The van der Waals surface area contributed by atoms with E-state index in [9.17, 15) is 24.3 Å². The minimum absolute atomic E-state index is 0.0294. The molecule has 3 aromatic rings. The highest BCUT2D eigenvalue weighted by atomic mass is 33.1. The summed E-state index contributed by atoms with van der Waals surface area (Å²) in [6, 6.07) is 16.0. The third kappa shape index (κ3) is 3.44. The van der Waals surface area contributed by atoms with Crippen LogP contribution in [0.25, 0.3) is 10.9 Å². The van der Waals surface area contributed by atoms with Gasteiger partial charge in [0.1, 0.15) is 18.4 Å². The molecular formula is C34H36N6O6S4. The lowest BCUT2D eigenvalue weighted by atomic mass is 9.86. The van der Waals surface area contributed by atoms with Crippen LogP contribution in [0.15, 0.2) is 54.7 Å². The summed E-state index contributed by atoms with van der Waals surface area (Å²) in [5.74, 6) is -0.959. The highest BCUT2D eigenvalue weighted by Crippen LogP contribution is 2.70. The molecule has 4 amide bonds. The van der Waals surface area contributed by atoms with Crippen LogP contribution in [0.2, 0.25) is 0 Å². The van der Waals surface area contributed by atoms with E-state index < -0.39 is 37.8 Å². The number of rotatable bonds is 3. The fraction of sp³-hybridized carbons (Fsp3) is 0.471. The SMILES string of the molecule is CS[C@]12COCN3c4ccccc4[C@]4(C[C@@]56SS[C@@](CO)(C(=O)N5[C@@H]34)N(C)C6=O)n3cc(c4ccccc43)C[C@](SC)(C(=O)N1C)N(C)C2=O. The van der Waals surface area contributed by atoms with Gasteiger partial charge in [-0.2, -0.15) is 0 Å². The highest BCUT2D eigenvalue weighted by molar-refractivity contribution is 8.78. The molecule has 8 aliphatic rings. The topological polar surface area (TPSA) is 119 Å². The van der Waals surface area contributed by atoms with Crippen LogP contribution in [0.5, 0.6) is 0 Å². The van der Waals surface area contributed by atoms with Gasteiger partial charge in [-0.15, -0.1) is 23.5 Å². The van der Waals surface area contributed by atoms with Gasteiger partial charge in [0.15, 0.2) is 14.6 Å². The van der Waals surface area contributed by atoms with Crippen molar-refractivity contribution in [2.75, 3.05) is 58.5 Å². The predicted octanol–water partition coefficient (Wildman–Crippen LogP) is 2.59. The van der Waals surface area contributed by atoms with E-state index in [0.717, 1.165) is 27.7 Å². The number of aromatic nitrogens is 1. The molecule has 1 N–H and O–H groups in total. The number of nitrogens with zero attached hydrogens (tertiary/aromatic N) is 6. The number of aliphatic hydroxyl groups is 1. The van der Waals surface area contributed by atoms with Gasteiger partial charge in [0, 0.05) is 62.3 Å². The van der Waals surface area contributed by atoms with E-state index in [1.165, 1.54) is 50.0 Å². The molecule has 1 aromatic heterocycles. The lowest BCUT2D eigenvalue weighted by Crippen LogP contribution is -2.78. The Labute approximate surface area is 305 Å². The van der Waals surface area contributed by atoms with E-state index in [1.807, 2.05) is 59.9 Å². The Hall–Kier alpha value is -3.02. The van der Waals surface area contributed by atoms with E-state index in [-0.39, 0.29) is 49.8 Å². The summed E-state index contributed by atoms with van der Waals surface area (Å²) in [6.45, 7) is -0.652. The number of amides is 4. The molecule has 5 saturated heterocycles. The number of hydrogen-bond acceptors (Lipinski definition) is 11. The molecule has 2 aromatic carbocycles. The molecule has 0 saturated carbocycles. The van der Waals surface area contributed by atoms with E-state index in [4.69, 9.17) is 4.74 Å². The number of carbonyl (C=O) groups is 4. The van der Waals surface area contributed by atoms with Crippen molar-refractivity contribution in [3.05, 3.63) is 65.9 Å². The Morgan fingerprint density at radius 3 is 2.28 bits per heavy atom. The third-order valence-electron chi connectivity index (χ3n) is 12.0. The minimum atomic E-state index is -1.47. The Bertz CT molecular complexity index is 2050. The Balaban J connectivity index is 1.37. The Kier molecular flexibility index (Phi) is 6.92. The number of anilines is 1. The second kappa shape index (κ2) is 10.5. The van der Waals surface area contributed by atoms with Crippen LogP contribution >= 0.6 is 45.1 Å². The summed E-state index contributed by atoms with van der Waals surface area (Å²) in [5.41, 5.74) is 2.58. The molecule has 50 heavy (non-hydrogen) atoms. The number of piperazine rings is 2. The summed E-state index contributed by atoms with van der Waals surface area (Å²) in [4.78, 5) is 61.7. The number of likely N-dealkylation sites (N-methyl/N-ethyl adjacent to an activating group) is 3. The molecule has 12 nitrogen and oxygen atoms in total. The molecule has 8 bridgehead atoms. The van der Waals surface area contributed by atoms with Gasteiger partial charge in [-0.25, -0.2) is 0 Å². The zero-order chi connectivity index (χ0) is 35.2. The first-order chi connectivity index (χ1) is 24.0. The number of thioether (sulfide) groups is 2. The molecule has 11 rings (SSSR count). The van der Waals surface area contributed by atoms with Gasteiger partial charge >= 0.3 is 0 Å². The maximum absolute atomic E-state index is 14.9. The van der Waals surface area contributed by atoms with Gasteiger partial charge < -0.3 is 34.0 Å². The average Bonchev–Trinajstić information content (AvgIpc) is 3.75. The molecule has 0 unspecified atom stereocenters. The number of carbonyl (C=O) groups excluding carboxylic acids is 4. The molecule has 5 fully saturated rings. The minimum Gasteiger partial charge on any atom is -0.392 e. The van der Waals surface area contributed by atoms with Gasteiger partial charge in [0.05, 0.1) is 13.2 Å². The van der Waals surface area contributed by atoms with Crippen LogP contribution in [0, 0.1) is 0 Å². The zero-order valence-corrected chi connectivity index (χ0v) is 31.4. The van der Waals surface area contributed by atoms with Crippen molar-refractivity contribution < 1.29 is 29.0 Å². The molecule has 8 aliphatic heterocycles. The lowest BCUT2D eigenvalue weighted by Gasteiger charge is -2.58. The molecular weight excluding hydrogens is 717 g/mol. The van der Waals surface area contributed by atoms with Gasteiger partial charge in [-0.05, 0) is 41.0 Å². The molecule has 9 heterocycles. The first-order valence-corrected chi connectivity index (χ1v) is 20.9. The van der Waals surface area contributed by atoms with Crippen molar-refractivity contribution in [2.45, 2.75) is 44.0 Å². The van der Waals surface area contributed by atoms with Crippen LogP contribution in [0.1, 0.15) is 17.5 Å². The zero-order valence-electron chi connectivity index (χ0n) is 28.1. The smallest absolute Gasteiger partial charge is 0.265 e. The van der Waals surface area contributed by atoms with Gasteiger partial charge in [-0.3, -0.25) is 24.1 Å². The van der Waals surface area contributed by atoms with Crippen LogP contribution in [0.3, 0.4) is 0 Å². The number of ether oxygens (including phenoxy) is 1. The van der Waals surface area contributed by atoms with Crippen LogP contribution in [-0.2, 0) is 35.9 Å². The van der Waals surface area contributed by atoms with E-state index in [0.29, 0.717) is 0 Å². The first-order valence-electron chi connectivity index (χ1n) is 16.3. The molecule has 0 radical (unpaired) electrons. The fourth-order valence-electron chi connectivity index (χ4n) is 9.37. The van der Waals surface area contributed by atoms with Crippen molar-refractivity contribution in [3.8, 4) is 0 Å². The normalized spacial score (nSPS) is 36.0. The van der Waals surface area contributed by atoms with Crippen molar-refractivity contribution in [2.24, 2.45) is 0 Å². The molecule has 0 aliphatic carbocycles. The molecule has 262 valence electrons. The van der Waals surface area contributed by atoms with Crippen LogP contribution in [-0.4, -0.2) is 132 Å². The number of benzene rings is 2. The van der Waals surface area contributed by atoms with Crippen molar-refractivity contribution in [1.82, 2.24) is 24.2 Å². The van der Waals surface area contributed by atoms with Crippen LogP contribution in [0.4, 0.5) is 5.69 Å². The van der Waals surface area contributed by atoms with E-state index in [2.05, 4.69) is 16.8 Å². The maximum Gasteiger partial charge on any atom is 0.265 e. The summed E-state index contributed by atoms with van der Waals surface area (Å²) >= 11 is 2.62. The van der Waals surface area contributed by atoms with Crippen molar-refractivity contribution in [3.63, 3.8) is 0 Å². The number of hydrogen-bond donors (Lipinski definition) is 1. The Morgan fingerprint density at radius 2 is 1.54 bits per heavy atom. The monoisotopic (exact) mass is 752 g/mol. The number of para-hydroxylation sites is 2. The third-order valence-corrected chi connectivity index (χ3v) is 18.2.